The van der Waals surface area contributed by atoms with Gasteiger partial charge in [-0.1, -0.05) is 0 Å². The minimum absolute atomic E-state index is 0.296. The largest absolute Gasteiger partial charge is 0.496 e. The second-order valence-electron chi connectivity index (χ2n) is 5.59. The number of methoxy groups -OCH3 is 1. The first-order chi connectivity index (χ1) is 8.80. The lowest BCUT2D eigenvalue weighted by molar-refractivity contribution is 0.418. The van der Waals surface area contributed by atoms with Gasteiger partial charge in [0.1, 0.15) is 11.6 Å². The molecule has 2 aromatic rings. The summed E-state index contributed by atoms with van der Waals surface area (Å²) in [5.41, 5.74) is 8.03. The van der Waals surface area contributed by atoms with Crippen molar-refractivity contribution in [3.63, 3.8) is 0 Å². The summed E-state index contributed by atoms with van der Waals surface area (Å²) in [7, 11) is 1.58. The number of hydrogen-bond donors (Lipinski definition) is 1. The molecule has 0 fully saturated rings. The average Bonchev–Trinajstić information content (AvgIpc) is 2.27. The van der Waals surface area contributed by atoms with E-state index in [1.807, 2.05) is 20.8 Å². The highest BCUT2D eigenvalue weighted by Gasteiger charge is 2.17. The van der Waals surface area contributed by atoms with Gasteiger partial charge in [0.25, 0.3) is 0 Å². The summed E-state index contributed by atoms with van der Waals surface area (Å²) < 4.78 is 19.1. The van der Waals surface area contributed by atoms with E-state index in [2.05, 4.69) is 4.98 Å². The molecule has 2 N–H and O–H groups in total. The molecule has 0 aliphatic heterocycles. The minimum atomic E-state index is -0.417. The molecule has 1 aromatic heterocycles. The Morgan fingerprint density at radius 1 is 1.32 bits per heavy atom. The van der Waals surface area contributed by atoms with Crippen molar-refractivity contribution >= 4 is 10.9 Å². The smallest absolute Gasteiger partial charge is 0.130 e. The number of pyridine rings is 1. The fourth-order valence-electron chi connectivity index (χ4n) is 2.25. The fourth-order valence-corrected chi connectivity index (χ4v) is 2.25. The highest BCUT2D eigenvalue weighted by Crippen LogP contribution is 2.30. The van der Waals surface area contributed by atoms with Crippen LogP contribution in [0.15, 0.2) is 18.2 Å². The molecule has 1 heterocycles. The Morgan fingerprint density at radius 3 is 2.58 bits per heavy atom. The van der Waals surface area contributed by atoms with Crippen molar-refractivity contribution in [3.8, 4) is 5.75 Å². The van der Waals surface area contributed by atoms with E-state index in [-0.39, 0.29) is 5.82 Å². The van der Waals surface area contributed by atoms with E-state index in [1.54, 1.807) is 13.2 Å². The van der Waals surface area contributed by atoms with Crippen LogP contribution in [0.5, 0.6) is 5.75 Å². The van der Waals surface area contributed by atoms with Gasteiger partial charge in [0.05, 0.1) is 12.6 Å². The molecule has 0 aliphatic rings. The van der Waals surface area contributed by atoms with E-state index in [1.165, 1.54) is 12.1 Å². The van der Waals surface area contributed by atoms with Crippen LogP contribution in [0.1, 0.15) is 25.1 Å². The Bertz CT molecular complexity index is 618. The van der Waals surface area contributed by atoms with E-state index in [9.17, 15) is 4.39 Å². The zero-order chi connectivity index (χ0) is 14.2. The number of aryl methyl sites for hydroxylation is 1. The van der Waals surface area contributed by atoms with Crippen LogP contribution in [0, 0.1) is 12.7 Å². The first-order valence-corrected chi connectivity index (χ1v) is 6.23. The van der Waals surface area contributed by atoms with Gasteiger partial charge in [-0.25, -0.2) is 4.39 Å². The highest BCUT2D eigenvalue weighted by molar-refractivity contribution is 5.88. The summed E-state index contributed by atoms with van der Waals surface area (Å²) in [6.07, 6.45) is 0.556. The van der Waals surface area contributed by atoms with E-state index in [0.717, 1.165) is 16.8 Å². The summed E-state index contributed by atoms with van der Waals surface area (Å²) in [4.78, 5) is 4.51. The SMILES string of the molecule is COc1cc(C)nc2c(CC(C)(C)N)cc(F)cc12. The summed E-state index contributed by atoms with van der Waals surface area (Å²) >= 11 is 0. The van der Waals surface area contributed by atoms with Crippen LogP contribution in [0.3, 0.4) is 0 Å². The Kier molecular flexibility index (Phi) is 3.45. The number of fused-ring (bicyclic) bond motifs is 1. The number of rotatable bonds is 3. The van der Waals surface area contributed by atoms with Gasteiger partial charge in [-0.3, -0.25) is 4.98 Å². The minimum Gasteiger partial charge on any atom is -0.496 e. The first kappa shape index (κ1) is 13.7. The number of hydrogen-bond acceptors (Lipinski definition) is 3. The topological polar surface area (TPSA) is 48.1 Å². The third-order valence-electron chi connectivity index (χ3n) is 2.91. The molecule has 3 nitrogen and oxygen atoms in total. The molecular formula is C15H19FN2O. The fraction of sp³-hybridized carbons (Fsp3) is 0.400. The maximum Gasteiger partial charge on any atom is 0.130 e. The first-order valence-electron chi connectivity index (χ1n) is 6.23. The zero-order valence-electron chi connectivity index (χ0n) is 11.7. The van der Waals surface area contributed by atoms with Gasteiger partial charge in [-0.05, 0) is 44.9 Å². The standard InChI is InChI=1S/C15H19FN2O/c1-9-5-13(19-4)12-7-11(16)6-10(14(12)18-9)8-15(2,3)17/h5-7H,8,17H2,1-4H3. The summed E-state index contributed by atoms with van der Waals surface area (Å²) in [5.74, 6) is 0.341. The van der Waals surface area contributed by atoms with Crippen LogP contribution < -0.4 is 10.5 Å². The molecule has 0 atom stereocenters. The predicted octanol–water partition coefficient (Wildman–Crippen LogP) is 2.97. The van der Waals surface area contributed by atoms with Crippen LogP contribution in [0.25, 0.3) is 10.9 Å². The van der Waals surface area contributed by atoms with Crippen molar-refractivity contribution in [2.75, 3.05) is 7.11 Å². The van der Waals surface area contributed by atoms with Crippen LogP contribution in [0.2, 0.25) is 0 Å². The number of halogens is 1. The van der Waals surface area contributed by atoms with Crippen LogP contribution in [-0.2, 0) is 6.42 Å². The van der Waals surface area contributed by atoms with E-state index >= 15 is 0 Å². The van der Waals surface area contributed by atoms with Gasteiger partial charge >= 0.3 is 0 Å². The van der Waals surface area contributed by atoms with Crippen LogP contribution >= 0.6 is 0 Å². The highest BCUT2D eigenvalue weighted by atomic mass is 19.1. The zero-order valence-corrected chi connectivity index (χ0v) is 11.7. The van der Waals surface area contributed by atoms with Gasteiger partial charge in [-0.2, -0.15) is 0 Å². The third-order valence-corrected chi connectivity index (χ3v) is 2.91. The molecule has 0 saturated carbocycles. The molecule has 0 amide bonds. The van der Waals surface area contributed by atoms with E-state index < -0.39 is 5.54 Å². The van der Waals surface area contributed by atoms with Crippen molar-refractivity contribution < 1.29 is 9.13 Å². The number of benzene rings is 1. The molecule has 0 bridgehead atoms. The predicted molar refractivity (Wildman–Crippen MR) is 75.0 cm³/mol. The lowest BCUT2D eigenvalue weighted by atomic mass is 9.94. The quantitative estimate of drug-likeness (QED) is 0.925. The molecule has 2 rings (SSSR count). The molecule has 1 aromatic carbocycles. The van der Waals surface area contributed by atoms with Gasteiger partial charge < -0.3 is 10.5 Å². The molecule has 0 aliphatic carbocycles. The van der Waals surface area contributed by atoms with Crippen LogP contribution in [-0.4, -0.2) is 17.6 Å². The Morgan fingerprint density at radius 2 is 2.00 bits per heavy atom. The van der Waals surface area contributed by atoms with E-state index in [0.29, 0.717) is 17.6 Å². The molecule has 0 saturated heterocycles. The number of ether oxygens (including phenoxy) is 1. The van der Waals surface area contributed by atoms with Crippen molar-refractivity contribution in [3.05, 3.63) is 35.3 Å². The molecule has 4 heteroatoms. The number of nitrogens with two attached hydrogens (primary N) is 1. The molecule has 19 heavy (non-hydrogen) atoms. The van der Waals surface area contributed by atoms with Gasteiger partial charge in [0.15, 0.2) is 0 Å². The third kappa shape index (κ3) is 3.01. The number of nitrogens with zero attached hydrogens (tertiary/aromatic N) is 1. The maximum atomic E-state index is 13.8. The Labute approximate surface area is 112 Å². The molecule has 0 unspecified atom stereocenters. The van der Waals surface area contributed by atoms with Crippen molar-refractivity contribution in [2.24, 2.45) is 5.73 Å². The van der Waals surface area contributed by atoms with Crippen LogP contribution in [0.4, 0.5) is 4.39 Å². The summed E-state index contributed by atoms with van der Waals surface area (Å²) in [6, 6.07) is 4.76. The van der Waals surface area contributed by atoms with Crippen molar-refractivity contribution in [1.29, 1.82) is 0 Å². The maximum absolute atomic E-state index is 13.8. The Hall–Kier alpha value is -1.68. The summed E-state index contributed by atoms with van der Waals surface area (Å²) in [5, 5.41) is 0.687. The van der Waals surface area contributed by atoms with E-state index in [4.69, 9.17) is 10.5 Å². The molecule has 102 valence electrons. The van der Waals surface area contributed by atoms with Gasteiger partial charge in [0.2, 0.25) is 0 Å². The second kappa shape index (κ2) is 4.78. The molecule has 0 spiro atoms. The lowest BCUT2D eigenvalue weighted by Crippen LogP contribution is -2.34. The average molecular weight is 262 g/mol. The molecule has 0 radical (unpaired) electrons. The lowest BCUT2D eigenvalue weighted by Gasteiger charge is -2.20. The summed E-state index contributed by atoms with van der Waals surface area (Å²) in [6.45, 7) is 5.72. The Balaban J connectivity index is 2.73. The monoisotopic (exact) mass is 262 g/mol. The van der Waals surface area contributed by atoms with Crippen molar-refractivity contribution in [1.82, 2.24) is 4.98 Å². The van der Waals surface area contributed by atoms with Gasteiger partial charge in [-0.15, -0.1) is 0 Å². The number of aromatic nitrogens is 1. The van der Waals surface area contributed by atoms with Gasteiger partial charge in [0, 0.05) is 22.7 Å². The molecular weight excluding hydrogens is 243 g/mol. The normalized spacial score (nSPS) is 11.9. The second-order valence-corrected chi connectivity index (χ2v) is 5.59. The van der Waals surface area contributed by atoms with Crippen molar-refractivity contribution in [2.45, 2.75) is 32.7 Å².